The summed E-state index contributed by atoms with van der Waals surface area (Å²) in [5.74, 6) is -0.666. The van der Waals surface area contributed by atoms with Crippen LogP contribution in [0.3, 0.4) is 0 Å². The lowest BCUT2D eigenvalue weighted by atomic mass is 10.2. The number of nitrogens with zero attached hydrogens (tertiary/aromatic N) is 2. The van der Waals surface area contributed by atoms with Crippen molar-refractivity contribution in [3.05, 3.63) is 29.8 Å². The number of benzene rings is 1. The molecule has 0 bridgehead atoms. The minimum atomic E-state index is -0.882. The molecule has 0 aromatic heterocycles. The monoisotopic (exact) mass is 303 g/mol. The summed E-state index contributed by atoms with van der Waals surface area (Å²) in [6.45, 7) is 2.63. The third kappa shape index (κ3) is 4.55. The summed E-state index contributed by atoms with van der Waals surface area (Å²) in [6, 6.07) is 8.99. The lowest BCUT2D eigenvalue weighted by molar-refractivity contribution is -0.159. The van der Waals surface area contributed by atoms with Gasteiger partial charge in [0.1, 0.15) is 11.8 Å². The second kappa shape index (κ2) is 7.54. The molecule has 0 aliphatic carbocycles. The smallest absolute Gasteiger partial charge is 0.245 e. The van der Waals surface area contributed by atoms with E-state index in [0.717, 1.165) is 0 Å². The number of hydrogen-bond acceptors (Lipinski definition) is 6. The van der Waals surface area contributed by atoms with Crippen molar-refractivity contribution in [1.29, 1.82) is 5.26 Å². The first-order chi connectivity index (χ1) is 10.6. The molecule has 0 radical (unpaired) electrons. The summed E-state index contributed by atoms with van der Waals surface area (Å²) in [7, 11) is 0. The molecule has 1 heterocycles. The highest BCUT2D eigenvalue weighted by Crippen LogP contribution is 2.22. The van der Waals surface area contributed by atoms with Crippen LogP contribution in [0.15, 0.2) is 29.4 Å². The fourth-order valence-electron chi connectivity index (χ4n) is 1.99. The van der Waals surface area contributed by atoms with Gasteiger partial charge < -0.3 is 14.2 Å². The van der Waals surface area contributed by atoms with E-state index >= 15 is 0 Å². The minimum Gasteiger partial charge on any atom is -0.478 e. The predicted molar refractivity (Wildman–Crippen MR) is 78.2 cm³/mol. The van der Waals surface area contributed by atoms with Crippen LogP contribution in [0.2, 0.25) is 0 Å². The van der Waals surface area contributed by atoms with E-state index in [0.29, 0.717) is 24.5 Å². The van der Waals surface area contributed by atoms with Gasteiger partial charge in [0, 0.05) is 5.56 Å². The van der Waals surface area contributed by atoms with Crippen molar-refractivity contribution < 1.29 is 19.0 Å². The number of para-hydroxylation sites is 1. The van der Waals surface area contributed by atoms with Crippen LogP contribution in [0.1, 0.15) is 18.9 Å². The fraction of sp³-hybridized carbons (Fsp3) is 0.400. The SMILES string of the molecule is CC1(CC(=O)NN=Cc2ccccc2OCC#N)OCCO1. The molecule has 2 rings (SSSR count). The maximum atomic E-state index is 11.8. The molecule has 1 saturated heterocycles. The summed E-state index contributed by atoms with van der Waals surface area (Å²) in [4.78, 5) is 11.8. The highest BCUT2D eigenvalue weighted by atomic mass is 16.7. The largest absolute Gasteiger partial charge is 0.478 e. The Hall–Kier alpha value is -2.43. The van der Waals surface area contributed by atoms with Gasteiger partial charge in [-0.2, -0.15) is 10.4 Å². The van der Waals surface area contributed by atoms with Gasteiger partial charge in [-0.05, 0) is 19.1 Å². The Kier molecular flexibility index (Phi) is 5.47. The molecule has 116 valence electrons. The molecule has 1 N–H and O–H groups in total. The zero-order valence-electron chi connectivity index (χ0n) is 12.2. The van der Waals surface area contributed by atoms with Crippen molar-refractivity contribution in [3.8, 4) is 11.8 Å². The molecule has 1 aromatic rings. The van der Waals surface area contributed by atoms with E-state index in [-0.39, 0.29) is 18.9 Å². The minimum absolute atomic E-state index is 0.0513. The van der Waals surface area contributed by atoms with Gasteiger partial charge in [-0.25, -0.2) is 5.43 Å². The molecule has 0 atom stereocenters. The molecule has 7 heteroatoms. The normalized spacial score (nSPS) is 16.4. The van der Waals surface area contributed by atoms with E-state index in [1.165, 1.54) is 6.21 Å². The second-order valence-electron chi connectivity index (χ2n) is 4.79. The van der Waals surface area contributed by atoms with Gasteiger partial charge in [0.15, 0.2) is 12.4 Å². The van der Waals surface area contributed by atoms with Crippen LogP contribution in [0.5, 0.6) is 5.75 Å². The second-order valence-corrected chi connectivity index (χ2v) is 4.79. The summed E-state index contributed by atoms with van der Waals surface area (Å²) in [5, 5.41) is 12.4. The molecule has 0 unspecified atom stereocenters. The number of nitrogens with one attached hydrogen (secondary N) is 1. The predicted octanol–water partition coefficient (Wildman–Crippen LogP) is 1.19. The molecular formula is C15H17N3O4. The molecule has 1 fully saturated rings. The average Bonchev–Trinajstić information content (AvgIpc) is 2.92. The van der Waals surface area contributed by atoms with Gasteiger partial charge in [-0.1, -0.05) is 12.1 Å². The Bertz CT molecular complexity index is 589. The third-order valence-corrected chi connectivity index (χ3v) is 2.98. The quantitative estimate of drug-likeness (QED) is 0.629. The summed E-state index contributed by atoms with van der Waals surface area (Å²) in [6.07, 6.45) is 1.53. The topological polar surface area (TPSA) is 92.9 Å². The maximum absolute atomic E-state index is 11.8. The molecule has 22 heavy (non-hydrogen) atoms. The summed E-state index contributed by atoms with van der Waals surface area (Å²) >= 11 is 0. The molecule has 0 saturated carbocycles. The van der Waals surface area contributed by atoms with Crippen LogP contribution in [0.4, 0.5) is 0 Å². The van der Waals surface area contributed by atoms with E-state index < -0.39 is 5.79 Å². The van der Waals surface area contributed by atoms with Crippen molar-refractivity contribution in [3.63, 3.8) is 0 Å². The van der Waals surface area contributed by atoms with Gasteiger partial charge in [0.25, 0.3) is 0 Å². The molecule has 1 aliphatic heterocycles. The number of hydrazone groups is 1. The number of ether oxygens (including phenoxy) is 3. The van der Waals surface area contributed by atoms with Gasteiger partial charge >= 0.3 is 0 Å². The van der Waals surface area contributed by atoms with E-state index in [1.54, 1.807) is 25.1 Å². The standard InChI is InChI=1S/C15H17N3O4/c1-15(21-8-9-22-15)10-14(19)18-17-11-12-4-2-3-5-13(12)20-7-6-16/h2-5,11H,7-10H2,1H3,(H,18,19). The Morgan fingerprint density at radius 1 is 1.50 bits per heavy atom. The number of amides is 1. The van der Waals surface area contributed by atoms with Gasteiger partial charge in [0.2, 0.25) is 5.91 Å². The average molecular weight is 303 g/mol. The van der Waals surface area contributed by atoms with Gasteiger partial charge in [-0.3, -0.25) is 4.79 Å². The Morgan fingerprint density at radius 2 is 2.23 bits per heavy atom. The molecule has 1 amide bonds. The van der Waals surface area contributed by atoms with Crippen LogP contribution < -0.4 is 10.2 Å². The van der Waals surface area contributed by atoms with Crippen molar-refractivity contribution in [2.45, 2.75) is 19.1 Å². The van der Waals surface area contributed by atoms with Gasteiger partial charge in [-0.15, -0.1) is 0 Å². The lowest BCUT2D eigenvalue weighted by Crippen LogP contribution is -2.33. The van der Waals surface area contributed by atoms with E-state index in [1.807, 2.05) is 12.1 Å². The summed E-state index contributed by atoms with van der Waals surface area (Å²) in [5.41, 5.74) is 3.08. The molecule has 7 nitrogen and oxygen atoms in total. The van der Waals surface area contributed by atoms with Crippen LogP contribution in [0.25, 0.3) is 0 Å². The molecule has 0 spiro atoms. The number of rotatable bonds is 6. The number of carbonyl (C=O) groups is 1. The fourth-order valence-corrected chi connectivity index (χ4v) is 1.99. The van der Waals surface area contributed by atoms with Crippen molar-refractivity contribution in [2.75, 3.05) is 19.8 Å². The first-order valence-corrected chi connectivity index (χ1v) is 6.81. The van der Waals surface area contributed by atoms with Crippen LogP contribution >= 0.6 is 0 Å². The number of nitriles is 1. The molecular weight excluding hydrogens is 286 g/mol. The first kappa shape index (κ1) is 15.9. The third-order valence-electron chi connectivity index (χ3n) is 2.98. The van der Waals surface area contributed by atoms with E-state index in [4.69, 9.17) is 19.5 Å². The Balaban J connectivity index is 1.89. The zero-order valence-corrected chi connectivity index (χ0v) is 12.2. The van der Waals surface area contributed by atoms with Crippen LogP contribution in [0, 0.1) is 11.3 Å². The zero-order chi connectivity index (χ0) is 15.8. The number of hydrogen-bond donors (Lipinski definition) is 1. The Morgan fingerprint density at radius 3 is 2.95 bits per heavy atom. The van der Waals surface area contributed by atoms with E-state index in [9.17, 15) is 4.79 Å². The van der Waals surface area contributed by atoms with E-state index in [2.05, 4.69) is 10.5 Å². The van der Waals surface area contributed by atoms with Crippen LogP contribution in [-0.4, -0.2) is 37.7 Å². The molecule has 1 aromatic carbocycles. The highest BCUT2D eigenvalue weighted by Gasteiger charge is 2.33. The Labute approximate surface area is 128 Å². The van der Waals surface area contributed by atoms with Crippen molar-refractivity contribution in [1.82, 2.24) is 5.43 Å². The van der Waals surface area contributed by atoms with Crippen molar-refractivity contribution >= 4 is 12.1 Å². The van der Waals surface area contributed by atoms with Gasteiger partial charge in [0.05, 0.1) is 25.8 Å². The highest BCUT2D eigenvalue weighted by molar-refractivity contribution is 5.85. The van der Waals surface area contributed by atoms with Crippen molar-refractivity contribution in [2.24, 2.45) is 5.10 Å². The first-order valence-electron chi connectivity index (χ1n) is 6.81. The maximum Gasteiger partial charge on any atom is 0.245 e. The summed E-state index contributed by atoms with van der Waals surface area (Å²) < 4.78 is 16.0. The number of carbonyl (C=O) groups excluding carboxylic acids is 1. The molecule has 1 aliphatic rings. The van der Waals surface area contributed by atoms with Crippen LogP contribution in [-0.2, 0) is 14.3 Å². The lowest BCUT2D eigenvalue weighted by Gasteiger charge is -2.20.